The van der Waals surface area contributed by atoms with E-state index in [4.69, 9.17) is 29.2 Å². The van der Waals surface area contributed by atoms with Crippen molar-refractivity contribution in [2.75, 3.05) is 13.2 Å². The predicted molar refractivity (Wildman–Crippen MR) is 93.5 cm³/mol. The lowest BCUT2D eigenvalue weighted by Crippen LogP contribution is -2.56. The number of ether oxygens (including phenoxy) is 5. The van der Waals surface area contributed by atoms with Crippen LogP contribution in [0.3, 0.4) is 0 Å². The molecule has 9 heteroatoms. The zero-order chi connectivity index (χ0) is 19.2. The second kappa shape index (κ2) is 9.16. The zero-order valence-electron chi connectivity index (χ0n) is 15.3. The lowest BCUT2D eigenvalue weighted by molar-refractivity contribution is -0.221. The van der Waals surface area contributed by atoms with Gasteiger partial charge < -0.3 is 23.7 Å². The summed E-state index contributed by atoms with van der Waals surface area (Å²) in [6.45, 7) is 4.20. The molecule has 0 N–H and O–H groups in total. The summed E-state index contributed by atoms with van der Waals surface area (Å²) in [5.41, 5.74) is 9.93. The van der Waals surface area contributed by atoms with Gasteiger partial charge >= 0.3 is 5.97 Å². The van der Waals surface area contributed by atoms with Crippen LogP contribution in [0.5, 0.6) is 0 Å². The molecule has 2 bridgehead atoms. The summed E-state index contributed by atoms with van der Waals surface area (Å²) in [5, 5.41) is 3.78. The number of carbonyl (C=O) groups excluding carboxylic acids is 1. The molecule has 6 atom stereocenters. The van der Waals surface area contributed by atoms with Gasteiger partial charge in [-0.15, -0.1) is 0 Å². The second-order valence-corrected chi connectivity index (χ2v) is 6.33. The maximum absolute atomic E-state index is 12.0. The normalized spacial score (nSPS) is 30.4. The van der Waals surface area contributed by atoms with E-state index in [9.17, 15) is 4.79 Å². The minimum absolute atomic E-state index is 0.252. The Morgan fingerprint density at radius 1 is 1.37 bits per heavy atom. The first kappa shape index (κ1) is 19.6. The second-order valence-electron chi connectivity index (χ2n) is 6.33. The van der Waals surface area contributed by atoms with E-state index >= 15 is 0 Å². The number of hydrogen-bond acceptors (Lipinski definition) is 7. The molecule has 0 aromatic heterocycles. The van der Waals surface area contributed by atoms with Gasteiger partial charge in [0.05, 0.1) is 19.8 Å². The van der Waals surface area contributed by atoms with Gasteiger partial charge in [0, 0.05) is 4.91 Å². The third kappa shape index (κ3) is 4.58. The van der Waals surface area contributed by atoms with E-state index in [0.29, 0.717) is 13.2 Å². The molecule has 0 saturated carbocycles. The summed E-state index contributed by atoms with van der Waals surface area (Å²) in [6.07, 6.45) is -3.19. The molecule has 2 aliphatic rings. The van der Waals surface area contributed by atoms with E-state index in [-0.39, 0.29) is 12.7 Å². The minimum atomic E-state index is -0.841. The quantitative estimate of drug-likeness (QED) is 0.297. The van der Waals surface area contributed by atoms with Crippen molar-refractivity contribution in [3.63, 3.8) is 0 Å². The molecule has 27 heavy (non-hydrogen) atoms. The highest BCUT2D eigenvalue weighted by Crippen LogP contribution is 2.34. The van der Waals surface area contributed by atoms with E-state index in [1.807, 2.05) is 30.3 Å². The first-order valence-electron chi connectivity index (χ1n) is 8.93. The average Bonchev–Trinajstić information content (AvgIpc) is 3.11. The lowest BCUT2D eigenvalue weighted by atomic mass is 9.98. The molecule has 1 aromatic carbocycles. The van der Waals surface area contributed by atoms with Crippen molar-refractivity contribution < 1.29 is 28.5 Å². The molecule has 0 spiro atoms. The molecule has 2 saturated heterocycles. The van der Waals surface area contributed by atoms with Crippen molar-refractivity contribution in [2.45, 2.75) is 57.2 Å². The largest absolute Gasteiger partial charge is 0.464 e. The Balaban J connectivity index is 1.77. The van der Waals surface area contributed by atoms with Gasteiger partial charge in [0.1, 0.15) is 24.4 Å². The van der Waals surface area contributed by atoms with Crippen molar-refractivity contribution in [2.24, 2.45) is 5.11 Å². The molecule has 9 nitrogen and oxygen atoms in total. The SMILES string of the molecule is CCOC(=O)[C@@H](C)O[C@@H]1[C@@H](N=[N+]=[N-])[C@@H]2OC[C@@H](O2)[C@H]1OCc1ccccc1. The van der Waals surface area contributed by atoms with E-state index in [0.717, 1.165) is 5.56 Å². The number of benzene rings is 1. The first-order valence-corrected chi connectivity index (χ1v) is 8.93. The minimum Gasteiger partial charge on any atom is -0.464 e. The van der Waals surface area contributed by atoms with Crippen molar-refractivity contribution in [3.8, 4) is 0 Å². The van der Waals surface area contributed by atoms with Crippen LogP contribution < -0.4 is 0 Å². The Morgan fingerprint density at radius 2 is 2.15 bits per heavy atom. The van der Waals surface area contributed by atoms with E-state index in [1.165, 1.54) is 0 Å². The monoisotopic (exact) mass is 377 g/mol. The zero-order valence-corrected chi connectivity index (χ0v) is 15.3. The first-order chi connectivity index (χ1) is 13.1. The molecule has 3 rings (SSSR count). The fourth-order valence-electron chi connectivity index (χ4n) is 3.21. The van der Waals surface area contributed by atoms with E-state index in [1.54, 1.807) is 13.8 Å². The third-order valence-corrected chi connectivity index (χ3v) is 4.49. The number of fused-ring (bicyclic) bond motifs is 2. The van der Waals surface area contributed by atoms with Crippen LogP contribution in [0.4, 0.5) is 0 Å². The molecule has 2 heterocycles. The molecule has 0 amide bonds. The lowest BCUT2D eigenvalue weighted by Gasteiger charge is -2.39. The van der Waals surface area contributed by atoms with Crippen LogP contribution in [-0.2, 0) is 35.1 Å². The van der Waals surface area contributed by atoms with Gasteiger partial charge in [-0.2, -0.15) is 0 Å². The standard InChI is InChI=1S/C18H23N3O6/c1-3-23-17(22)11(2)26-16-14(20-21-19)18-25-10-13(27-18)15(16)24-9-12-7-5-4-6-8-12/h4-8,11,13-16,18H,3,9-10H2,1-2H3/t11-,13-,14-,15-,16-,18-/m1/s1. The van der Waals surface area contributed by atoms with Crippen LogP contribution in [0.1, 0.15) is 19.4 Å². The van der Waals surface area contributed by atoms with Crippen molar-refractivity contribution >= 4 is 5.97 Å². The Bertz CT molecular complexity index is 681. The highest BCUT2D eigenvalue weighted by Gasteiger charge is 2.52. The molecular weight excluding hydrogens is 354 g/mol. The van der Waals surface area contributed by atoms with Crippen LogP contribution in [0.2, 0.25) is 0 Å². The van der Waals surface area contributed by atoms with Crippen LogP contribution in [0.25, 0.3) is 10.4 Å². The summed E-state index contributed by atoms with van der Waals surface area (Å²) in [5.74, 6) is -0.487. The topological polar surface area (TPSA) is 112 Å². The fourth-order valence-corrected chi connectivity index (χ4v) is 3.21. The van der Waals surface area contributed by atoms with Crippen LogP contribution in [-0.4, -0.2) is 55.9 Å². The smallest absolute Gasteiger partial charge is 0.334 e. The number of carbonyl (C=O) groups is 1. The molecule has 2 fully saturated rings. The van der Waals surface area contributed by atoms with Gasteiger partial charge in [0.2, 0.25) is 0 Å². The molecular formula is C18H23N3O6. The van der Waals surface area contributed by atoms with Crippen LogP contribution in [0.15, 0.2) is 35.4 Å². The van der Waals surface area contributed by atoms with Crippen molar-refractivity contribution in [3.05, 3.63) is 46.3 Å². The highest BCUT2D eigenvalue weighted by atomic mass is 16.7. The summed E-state index contributed by atoms with van der Waals surface area (Å²) >= 11 is 0. The van der Waals surface area contributed by atoms with E-state index < -0.39 is 36.6 Å². The summed E-state index contributed by atoms with van der Waals surface area (Å²) in [6, 6.07) is 8.88. The van der Waals surface area contributed by atoms with Gasteiger partial charge in [-0.25, -0.2) is 4.79 Å². The molecule has 1 aromatic rings. The highest BCUT2D eigenvalue weighted by molar-refractivity contribution is 5.74. The third-order valence-electron chi connectivity index (χ3n) is 4.49. The van der Waals surface area contributed by atoms with Gasteiger partial charge in [0.15, 0.2) is 12.4 Å². The maximum atomic E-state index is 12.0. The average molecular weight is 377 g/mol. The Labute approximate surface area is 157 Å². The van der Waals surface area contributed by atoms with Crippen LogP contribution in [0, 0.1) is 0 Å². The summed E-state index contributed by atoms with van der Waals surface area (Å²) in [7, 11) is 0. The molecule has 0 unspecified atom stereocenters. The Morgan fingerprint density at radius 3 is 2.85 bits per heavy atom. The van der Waals surface area contributed by atoms with Gasteiger partial charge in [-0.05, 0) is 24.9 Å². The fraction of sp³-hybridized carbons (Fsp3) is 0.611. The Kier molecular flexibility index (Phi) is 6.65. The van der Waals surface area contributed by atoms with Crippen molar-refractivity contribution in [1.82, 2.24) is 0 Å². The number of hydrogen-bond donors (Lipinski definition) is 0. The summed E-state index contributed by atoms with van der Waals surface area (Å²) in [4.78, 5) is 14.9. The Hall–Kier alpha value is -2.16. The molecule has 2 aliphatic heterocycles. The predicted octanol–water partition coefficient (Wildman–Crippen LogP) is 2.34. The van der Waals surface area contributed by atoms with Gasteiger partial charge in [0.25, 0.3) is 0 Å². The number of esters is 1. The molecule has 0 radical (unpaired) electrons. The van der Waals surface area contributed by atoms with Gasteiger partial charge in [-0.1, -0.05) is 35.4 Å². The number of nitrogens with zero attached hydrogens (tertiary/aromatic N) is 3. The number of rotatable bonds is 8. The molecule has 0 aliphatic carbocycles. The van der Waals surface area contributed by atoms with Gasteiger partial charge in [-0.3, -0.25) is 0 Å². The van der Waals surface area contributed by atoms with Crippen LogP contribution >= 0.6 is 0 Å². The summed E-state index contributed by atoms with van der Waals surface area (Å²) < 4.78 is 28.4. The number of azide groups is 1. The molecule has 146 valence electrons. The maximum Gasteiger partial charge on any atom is 0.334 e. The van der Waals surface area contributed by atoms with Crippen molar-refractivity contribution in [1.29, 1.82) is 0 Å². The van der Waals surface area contributed by atoms with E-state index in [2.05, 4.69) is 10.0 Å².